The molecule has 88 valence electrons. The Balaban J connectivity index is 2.06. The molecule has 0 radical (unpaired) electrons. The zero-order valence-corrected chi connectivity index (χ0v) is 10.5. The van der Waals surface area contributed by atoms with Gasteiger partial charge in [0.15, 0.2) is 5.82 Å². The average Bonchev–Trinajstić information content (AvgIpc) is 2.78. The normalized spacial score (nSPS) is 12.7. The molecule has 0 atom stereocenters. The largest absolute Gasteiger partial charge is 0.366 e. The summed E-state index contributed by atoms with van der Waals surface area (Å²) in [6, 6.07) is 7.04. The van der Waals surface area contributed by atoms with Crippen molar-refractivity contribution in [1.29, 1.82) is 0 Å². The lowest BCUT2D eigenvalue weighted by Gasteiger charge is -2.07. The van der Waals surface area contributed by atoms with E-state index in [1.54, 1.807) is 0 Å². The van der Waals surface area contributed by atoms with Gasteiger partial charge < -0.3 is 5.32 Å². The molecule has 3 nitrogen and oxygen atoms in total. The minimum Gasteiger partial charge on any atom is -0.366 e. The first kappa shape index (κ1) is 10.4. The molecule has 17 heavy (non-hydrogen) atoms. The molecule has 1 aromatic carbocycles. The maximum atomic E-state index is 4.37. The summed E-state index contributed by atoms with van der Waals surface area (Å²) in [5.74, 6) is 1.00. The first-order valence-corrected chi connectivity index (χ1v) is 6.09. The SMILES string of the molecule is Cc1ccc2c(c1)-c1[nH]nc(NC(C)C)c1C2. The van der Waals surface area contributed by atoms with Gasteiger partial charge in [-0.15, -0.1) is 0 Å². The highest BCUT2D eigenvalue weighted by Crippen LogP contribution is 2.39. The van der Waals surface area contributed by atoms with Crippen molar-refractivity contribution in [3.8, 4) is 11.3 Å². The number of rotatable bonds is 2. The van der Waals surface area contributed by atoms with Crippen LogP contribution in [0.25, 0.3) is 11.3 Å². The van der Waals surface area contributed by atoms with Gasteiger partial charge in [-0.3, -0.25) is 5.10 Å². The maximum Gasteiger partial charge on any atom is 0.152 e. The van der Waals surface area contributed by atoms with Gasteiger partial charge in [0.25, 0.3) is 0 Å². The van der Waals surface area contributed by atoms with Crippen molar-refractivity contribution in [1.82, 2.24) is 10.2 Å². The summed E-state index contributed by atoms with van der Waals surface area (Å²) < 4.78 is 0. The molecular formula is C14H17N3. The van der Waals surface area contributed by atoms with Crippen LogP contribution in [0, 0.1) is 6.92 Å². The number of nitrogens with zero attached hydrogens (tertiary/aromatic N) is 1. The van der Waals surface area contributed by atoms with Gasteiger partial charge in [0.05, 0.1) is 5.69 Å². The number of aryl methyl sites for hydroxylation is 1. The maximum absolute atomic E-state index is 4.37. The molecule has 3 heteroatoms. The molecule has 2 aromatic rings. The zero-order chi connectivity index (χ0) is 12.0. The van der Waals surface area contributed by atoms with Crippen LogP contribution >= 0.6 is 0 Å². The fourth-order valence-electron chi connectivity index (χ4n) is 2.42. The number of hydrogen-bond donors (Lipinski definition) is 2. The predicted octanol–water partition coefficient (Wildman–Crippen LogP) is 3.11. The quantitative estimate of drug-likeness (QED) is 0.706. The number of nitrogens with one attached hydrogen (secondary N) is 2. The second-order valence-electron chi connectivity index (χ2n) is 5.06. The van der Waals surface area contributed by atoms with E-state index in [4.69, 9.17) is 0 Å². The van der Waals surface area contributed by atoms with Crippen LogP contribution < -0.4 is 5.32 Å². The molecule has 3 rings (SSSR count). The number of aromatic amines is 1. The molecule has 1 heterocycles. The van der Waals surface area contributed by atoms with Crippen molar-refractivity contribution in [2.45, 2.75) is 33.2 Å². The topological polar surface area (TPSA) is 40.7 Å². The third-order valence-corrected chi connectivity index (χ3v) is 3.19. The van der Waals surface area contributed by atoms with Crippen molar-refractivity contribution in [2.24, 2.45) is 0 Å². The van der Waals surface area contributed by atoms with Crippen molar-refractivity contribution >= 4 is 5.82 Å². The molecule has 1 aromatic heterocycles. The average molecular weight is 227 g/mol. The van der Waals surface area contributed by atoms with E-state index in [0.29, 0.717) is 6.04 Å². The minimum atomic E-state index is 0.410. The van der Waals surface area contributed by atoms with Crippen LogP contribution in [0.3, 0.4) is 0 Å². The second kappa shape index (κ2) is 3.62. The summed E-state index contributed by atoms with van der Waals surface area (Å²) >= 11 is 0. The lowest BCUT2D eigenvalue weighted by Crippen LogP contribution is -2.11. The molecule has 0 saturated heterocycles. The highest BCUT2D eigenvalue weighted by molar-refractivity contribution is 5.78. The third kappa shape index (κ3) is 1.62. The van der Waals surface area contributed by atoms with Crippen molar-refractivity contribution < 1.29 is 0 Å². The van der Waals surface area contributed by atoms with Crippen LogP contribution in [0.4, 0.5) is 5.82 Å². The summed E-state index contributed by atoms with van der Waals surface area (Å²) in [6.45, 7) is 6.39. The number of anilines is 1. The van der Waals surface area contributed by atoms with E-state index in [1.807, 2.05) is 0 Å². The summed E-state index contributed by atoms with van der Waals surface area (Å²) in [4.78, 5) is 0. The molecule has 0 spiro atoms. The lowest BCUT2D eigenvalue weighted by atomic mass is 10.1. The van der Waals surface area contributed by atoms with E-state index in [0.717, 1.165) is 12.2 Å². The van der Waals surface area contributed by atoms with Gasteiger partial charge in [-0.05, 0) is 32.4 Å². The van der Waals surface area contributed by atoms with E-state index < -0.39 is 0 Å². The molecule has 0 bridgehead atoms. The first-order valence-electron chi connectivity index (χ1n) is 6.09. The van der Waals surface area contributed by atoms with Gasteiger partial charge in [0.2, 0.25) is 0 Å². The molecule has 0 fully saturated rings. The van der Waals surface area contributed by atoms with Gasteiger partial charge in [-0.2, -0.15) is 5.10 Å². The Bertz CT molecular complexity index is 567. The van der Waals surface area contributed by atoms with Gasteiger partial charge in [0.1, 0.15) is 0 Å². The predicted molar refractivity (Wildman–Crippen MR) is 70.3 cm³/mol. The Morgan fingerprint density at radius 1 is 1.35 bits per heavy atom. The van der Waals surface area contributed by atoms with Crippen LogP contribution in [-0.4, -0.2) is 16.2 Å². The van der Waals surface area contributed by atoms with Crippen molar-refractivity contribution in [2.75, 3.05) is 5.32 Å². The monoisotopic (exact) mass is 227 g/mol. The highest BCUT2D eigenvalue weighted by Gasteiger charge is 2.24. The van der Waals surface area contributed by atoms with E-state index in [-0.39, 0.29) is 0 Å². The Morgan fingerprint density at radius 3 is 2.94 bits per heavy atom. The molecule has 0 amide bonds. The molecule has 0 unspecified atom stereocenters. The molecule has 1 aliphatic carbocycles. The van der Waals surface area contributed by atoms with E-state index in [9.17, 15) is 0 Å². The molecule has 0 aliphatic heterocycles. The van der Waals surface area contributed by atoms with E-state index >= 15 is 0 Å². The number of benzene rings is 1. The third-order valence-electron chi connectivity index (χ3n) is 3.19. The van der Waals surface area contributed by atoms with Gasteiger partial charge in [-0.1, -0.05) is 17.7 Å². The van der Waals surface area contributed by atoms with Crippen LogP contribution in [0.5, 0.6) is 0 Å². The summed E-state index contributed by atoms with van der Waals surface area (Å²) in [7, 11) is 0. The van der Waals surface area contributed by atoms with Crippen molar-refractivity contribution in [3.63, 3.8) is 0 Å². The highest BCUT2D eigenvalue weighted by atomic mass is 15.2. The summed E-state index contributed by atoms with van der Waals surface area (Å²) in [5, 5.41) is 10.9. The minimum absolute atomic E-state index is 0.410. The Labute approximate surface area is 101 Å². The number of hydrogen-bond acceptors (Lipinski definition) is 2. The van der Waals surface area contributed by atoms with Gasteiger partial charge in [0, 0.05) is 23.6 Å². The van der Waals surface area contributed by atoms with E-state index in [1.165, 1.54) is 27.9 Å². The lowest BCUT2D eigenvalue weighted by molar-refractivity contribution is 0.880. The Kier molecular flexibility index (Phi) is 2.21. The van der Waals surface area contributed by atoms with Crippen LogP contribution in [0.2, 0.25) is 0 Å². The molecule has 2 N–H and O–H groups in total. The zero-order valence-electron chi connectivity index (χ0n) is 10.5. The molecular weight excluding hydrogens is 210 g/mol. The number of fused-ring (bicyclic) bond motifs is 3. The number of aromatic nitrogens is 2. The summed E-state index contributed by atoms with van der Waals surface area (Å²) in [5.41, 5.74) is 6.49. The first-order chi connectivity index (χ1) is 8.15. The molecule has 0 saturated carbocycles. The fraction of sp³-hybridized carbons (Fsp3) is 0.357. The fourth-order valence-corrected chi connectivity index (χ4v) is 2.42. The Morgan fingerprint density at radius 2 is 2.18 bits per heavy atom. The van der Waals surface area contributed by atoms with Crippen LogP contribution in [0.15, 0.2) is 18.2 Å². The second-order valence-corrected chi connectivity index (χ2v) is 5.06. The van der Waals surface area contributed by atoms with Crippen LogP contribution in [0.1, 0.15) is 30.5 Å². The Hall–Kier alpha value is -1.77. The van der Waals surface area contributed by atoms with E-state index in [2.05, 4.69) is 54.5 Å². The standard InChI is InChI=1S/C14H17N3/c1-8(2)15-14-12-7-10-5-4-9(3)6-11(10)13(12)16-17-14/h4-6,8H,7H2,1-3H3,(H2,15,16,17). The summed E-state index contributed by atoms with van der Waals surface area (Å²) in [6.07, 6.45) is 0.983. The molecule has 1 aliphatic rings. The van der Waals surface area contributed by atoms with Gasteiger partial charge in [-0.25, -0.2) is 0 Å². The van der Waals surface area contributed by atoms with Crippen LogP contribution in [-0.2, 0) is 6.42 Å². The van der Waals surface area contributed by atoms with Crippen molar-refractivity contribution in [3.05, 3.63) is 34.9 Å². The smallest absolute Gasteiger partial charge is 0.152 e. The van der Waals surface area contributed by atoms with Gasteiger partial charge >= 0.3 is 0 Å². The number of H-pyrrole nitrogens is 1.